The van der Waals surface area contributed by atoms with Crippen LogP contribution >= 0.6 is 11.6 Å². The van der Waals surface area contributed by atoms with Gasteiger partial charge in [-0.25, -0.2) is 13.8 Å². The number of halogens is 3. The van der Waals surface area contributed by atoms with Gasteiger partial charge in [-0.1, -0.05) is 11.6 Å². The summed E-state index contributed by atoms with van der Waals surface area (Å²) >= 11 is 5.70. The first kappa shape index (κ1) is 15.1. The number of alkyl halides is 2. The summed E-state index contributed by atoms with van der Waals surface area (Å²) in [6.45, 7) is 2.14. The van der Waals surface area contributed by atoms with Gasteiger partial charge in [-0.05, 0) is 19.1 Å². The molecule has 4 nitrogen and oxygen atoms in total. The third-order valence-electron chi connectivity index (χ3n) is 3.44. The van der Waals surface area contributed by atoms with Gasteiger partial charge < -0.3 is 5.32 Å². The number of aromatic nitrogens is 1. The molecular weight excluding hydrogens is 288 g/mol. The van der Waals surface area contributed by atoms with E-state index in [4.69, 9.17) is 11.6 Å². The molecular formula is C13H16ClF2N3O. The maximum absolute atomic E-state index is 13.1. The molecule has 1 aliphatic rings. The van der Waals surface area contributed by atoms with E-state index in [-0.39, 0.29) is 31.8 Å². The number of nitrogens with one attached hydrogen (secondary N) is 1. The molecule has 1 aliphatic heterocycles. The van der Waals surface area contributed by atoms with Crippen LogP contribution in [0, 0.1) is 0 Å². The van der Waals surface area contributed by atoms with Crippen LogP contribution in [0.5, 0.6) is 0 Å². The minimum absolute atomic E-state index is 0.205. The van der Waals surface area contributed by atoms with Crippen molar-refractivity contribution < 1.29 is 13.6 Å². The Hall–Kier alpha value is -1.27. The van der Waals surface area contributed by atoms with Gasteiger partial charge in [0.05, 0.1) is 11.1 Å². The summed E-state index contributed by atoms with van der Waals surface area (Å²) in [4.78, 5) is 17.8. The molecule has 7 heteroatoms. The number of rotatable bonds is 3. The molecule has 1 fully saturated rings. The Bertz CT molecular complexity index is 471. The van der Waals surface area contributed by atoms with Gasteiger partial charge in [-0.3, -0.25) is 9.69 Å². The fraction of sp³-hybridized carbons (Fsp3) is 0.538. The number of likely N-dealkylation sites (tertiary alicyclic amines) is 1. The number of anilines is 1. The van der Waals surface area contributed by atoms with Crippen molar-refractivity contribution >= 4 is 23.3 Å². The largest absolute Gasteiger partial charge is 0.309 e. The van der Waals surface area contributed by atoms with Gasteiger partial charge in [0.1, 0.15) is 5.82 Å². The average molecular weight is 304 g/mol. The number of amides is 1. The van der Waals surface area contributed by atoms with Gasteiger partial charge in [0.25, 0.3) is 5.92 Å². The molecule has 2 heterocycles. The fourth-order valence-electron chi connectivity index (χ4n) is 2.08. The molecule has 1 atom stereocenters. The third-order valence-corrected chi connectivity index (χ3v) is 3.66. The maximum atomic E-state index is 13.1. The molecule has 1 amide bonds. The first-order valence-electron chi connectivity index (χ1n) is 6.42. The van der Waals surface area contributed by atoms with E-state index in [0.29, 0.717) is 10.8 Å². The van der Waals surface area contributed by atoms with Crippen LogP contribution < -0.4 is 5.32 Å². The topological polar surface area (TPSA) is 45.2 Å². The van der Waals surface area contributed by atoms with Crippen LogP contribution in [-0.2, 0) is 4.79 Å². The van der Waals surface area contributed by atoms with E-state index in [9.17, 15) is 13.6 Å². The molecule has 0 bridgehead atoms. The third kappa shape index (κ3) is 3.86. The lowest BCUT2D eigenvalue weighted by Crippen LogP contribution is -2.48. The molecule has 0 unspecified atom stereocenters. The van der Waals surface area contributed by atoms with Gasteiger partial charge in [0.15, 0.2) is 0 Å². The van der Waals surface area contributed by atoms with E-state index in [2.05, 4.69) is 10.3 Å². The number of hydrogen-bond acceptors (Lipinski definition) is 3. The van der Waals surface area contributed by atoms with Crippen molar-refractivity contribution in [3.63, 3.8) is 0 Å². The molecule has 0 saturated carbocycles. The van der Waals surface area contributed by atoms with E-state index in [1.165, 1.54) is 6.20 Å². The molecule has 2 rings (SSSR count). The fourth-order valence-corrected chi connectivity index (χ4v) is 2.20. The average Bonchev–Trinajstić information content (AvgIpc) is 2.40. The summed E-state index contributed by atoms with van der Waals surface area (Å²) in [7, 11) is 0. The number of piperidine rings is 1. The minimum atomic E-state index is -2.61. The standard InChI is InChI=1S/C13H16ClF2N3O/c1-9(19-6-4-13(15,16)5-7-19)12(20)18-11-3-2-10(14)8-17-11/h2-3,8-9H,4-7H2,1H3,(H,17,18,20)/t9-/m0/s1. The van der Waals surface area contributed by atoms with Crippen molar-refractivity contribution in [3.05, 3.63) is 23.4 Å². The molecule has 20 heavy (non-hydrogen) atoms. The molecule has 0 aliphatic carbocycles. The lowest BCUT2D eigenvalue weighted by Gasteiger charge is -2.34. The predicted octanol–water partition coefficient (Wildman–Crippen LogP) is 2.79. The number of hydrogen-bond donors (Lipinski definition) is 1. The van der Waals surface area contributed by atoms with Crippen LogP contribution in [0.4, 0.5) is 14.6 Å². The van der Waals surface area contributed by atoms with Gasteiger partial charge in [0, 0.05) is 32.1 Å². The zero-order chi connectivity index (χ0) is 14.8. The van der Waals surface area contributed by atoms with Crippen molar-refractivity contribution in [1.29, 1.82) is 0 Å². The van der Waals surface area contributed by atoms with E-state index in [1.807, 2.05) is 0 Å². The molecule has 1 aromatic rings. The van der Waals surface area contributed by atoms with Crippen molar-refractivity contribution in [1.82, 2.24) is 9.88 Å². The summed E-state index contributed by atoms with van der Waals surface area (Å²) in [6, 6.07) is 2.75. The Morgan fingerprint density at radius 2 is 2.10 bits per heavy atom. The second-order valence-corrected chi connectivity index (χ2v) is 5.36. The highest BCUT2D eigenvalue weighted by atomic mass is 35.5. The Morgan fingerprint density at radius 3 is 2.65 bits per heavy atom. The van der Waals surface area contributed by atoms with E-state index in [0.717, 1.165) is 0 Å². The van der Waals surface area contributed by atoms with E-state index in [1.54, 1.807) is 24.0 Å². The quantitative estimate of drug-likeness (QED) is 0.934. The summed E-state index contributed by atoms with van der Waals surface area (Å²) in [5.74, 6) is -2.47. The number of nitrogens with zero attached hydrogens (tertiary/aromatic N) is 2. The lowest BCUT2D eigenvalue weighted by atomic mass is 10.0. The maximum Gasteiger partial charge on any atom is 0.250 e. The zero-order valence-corrected chi connectivity index (χ0v) is 11.8. The van der Waals surface area contributed by atoms with E-state index >= 15 is 0 Å². The number of carbonyl (C=O) groups is 1. The first-order valence-corrected chi connectivity index (χ1v) is 6.79. The molecule has 1 N–H and O–H groups in total. The molecule has 0 aromatic carbocycles. The lowest BCUT2D eigenvalue weighted by molar-refractivity contribution is -0.124. The normalized spacial score (nSPS) is 20.4. The molecule has 110 valence electrons. The van der Waals surface area contributed by atoms with Gasteiger partial charge >= 0.3 is 0 Å². The molecule has 0 radical (unpaired) electrons. The predicted molar refractivity (Wildman–Crippen MR) is 73.1 cm³/mol. The summed E-state index contributed by atoms with van der Waals surface area (Å²) in [5, 5.41) is 3.13. The van der Waals surface area contributed by atoms with E-state index < -0.39 is 12.0 Å². The Kier molecular flexibility index (Phi) is 4.55. The van der Waals surface area contributed by atoms with Crippen molar-refractivity contribution in [3.8, 4) is 0 Å². The van der Waals surface area contributed by atoms with Crippen LogP contribution in [0.2, 0.25) is 5.02 Å². The highest BCUT2D eigenvalue weighted by molar-refractivity contribution is 6.30. The Morgan fingerprint density at radius 1 is 1.45 bits per heavy atom. The summed E-state index contributed by atoms with van der Waals surface area (Å²) in [6.07, 6.45) is 1.02. The monoisotopic (exact) mass is 303 g/mol. The highest BCUT2D eigenvalue weighted by Gasteiger charge is 2.36. The summed E-state index contributed by atoms with van der Waals surface area (Å²) < 4.78 is 26.2. The summed E-state index contributed by atoms with van der Waals surface area (Å²) in [5.41, 5.74) is 0. The Balaban J connectivity index is 1.90. The number of carbonyl (C=O) groups excluding carboxylic acids is 1. The van der Waals surface area contributed by atoms with Crippen molar-refractivity contribution in [2.75, 3.05) is 18.4 Å². The molecule has 1 aromatic heterocycles. The first-order chi connectivity index (χ1) is 9.37. The van der Waals surface area contributed by atoms with Gasteiger partial charge in [-0.2, -0.15) is 0 Å². The molecule has 0 spiro atoms. The van der Waals surface area contributed by atoms with Crippen LogP contribution in [0.25, 0.3) is 0 Å². The second kappa shape index (κ2) is 6.01. The van der Waals surface area contributed by atoms with Gasteiger partial charge in [-0.15, -0.1) is 0 Å². The minimum Gasteiger partial charge on any atom is -0.309 e. The second-order valence-electron chi connectivity index (χ2n) is 4.92. The van der Waals surface area contributed by atoms with Crippen molar-refractivity contribution in [2.24, 2.45) is 0 Å². The van der Waals surface area contributed by atoms with Crippen molar-refractivity contribution in [2.45, 2.75) is 31.7 Å². The highest BCUT2D eigenvalue weighted by Crippen LogP contribution is 2.28. The van der Waals surface area contributed by atoms with Crippen LogP contribution in [0.15, 0.2) is 18.3 Å². The van der Waals surface area contributed by atoms with Crippen LogP contribution in [0.3, 0.4) is 0 Å². The smallest absolute Gasteiger partial charge is 0.250 e. The van der Waals surface area contributed by atoms with Crippen LogP contribution in [-0.4, -0.2) is 40.8 Å². The number of pyridine rings is 1. The Labute approximate surface area is 121 Å². The zero-order valence-electron chi connectivity index (χ0n) is 11.1. The molecule has 1 saturated heterocycles. The SMILES string of the molecule is C[C@@H](C(=O)Nc1ccc(Cl)cn1)N1CCC(F)(F)CC1. The van der Waals surface area contributed by atoms with Gasteiger partial charge in [0.2, 0.25) is 5.91 Å². The van der Waals surface area contributed by atoms with Crippen LogP contribution in [0.1, 0.15) is 19.8 Å².